The van der Waals surface area contributed by atoms with Crippen LogP contribution in [-0.2, 0) is 19.6 Å². The van der Waals surface area contributed by atoms with Gasteiger partial charge in [0, 0.05) is 18.5 Å². The molecule has 9 heteroatoms. The molecule has 0 radical (unpaired) electrons. The second-order valence-electron chi connectivity index (χ2n) is 9.23. The Bertz CT molecular complexity index is 1160. The summed E-state index contributed by atoms with van der Waals surface area (Å²) in [6.07, 6.45) is 2.30. The third kappa shape index (κ3) is 5.85. The highest BCUT2D eigenvalue weighted by Gasteiger charge is 2.37. The summed E-state index contributed by atoms with van der Waals surface area (Å²) in [5, 5.41) is 2.86. The summed E-state index contributed by atoms with van der Waals surface area (Å²) in [5.74, 6) is 0.265. The summed E-state index contributed by atoms with van der Waals surface area (Å²) in [7, 11) is -3.68. The van der Waals surface area contributed by atoms with Crippen LogP contribution in [-0.4, -0.2) is 50.9 Å². The van der Waals surface area contributed by atoms with Crippen molar-refractivity contribution in [3.05, 3.63) is 59.7 Å². The predicted molar refractivity (Wildman–Crippen MR) is 132 cm³/mol. The summed E-state index contributed by atoms with van der Waals surface area (Å²) in [6.45, 7) is 4.66. The van der Waals surface area contributed by atoms with Crippen molar-refractivity contribution in [1.82, 2.24) is 14.9 Å². The van der Waals surface area contributed by atoms with Gasteiger partial charge >= 0.3 is 0 Å². The lowest BCUT2D eigenvalue weighted by molar-refractivity contribution is -0.145. The maximum Gasteiger partial charge on any atom is 0.240 e. The van der Waals surface area contributed by atoms with E-state index in [0.29, 0.717) is 44.6 Å². The molecule has 1 atom stereocenters. The number of amides is 2. The Kier molecular flexibility index (Phi) is 7.76. The van der Waals surface area contributed by atoms with Crippen molar-refractivity contribution in [2.75, 3.05) is 19.7 Å². The standard InChI is InChI=1S/C26H33N3O5S/c1-3-34-24-14-13-22(15-18(24)2)35(32,33)28-21-11-9-20(10-12-21)26(31)29-17-25(30)27-16-23(29)19-7-5-4-6-8-19/h4-8,13-15,20-21,23,28H,3,9-12,16-17H2,1-2H3,(H,27,30)/t20-,21-,23-/m1/s1. The van der Waals surface area contributed by atoms with E-state index in [2.05, 4.69) is 10.0 Å². The molecule has 4 rings (SSSR count). The molecule has 188 valence electrons. The van der Waals surface area contributed by atoms with E-state index in [1.165, 1.54) is 0 Å². The Morgan fingerprint density at radius 1 is 1.11 bits per heavy atom. The lowest BCUT2D eigenvalue weighted by Gasteiger charge is -2.39. The van der Waals surface area contributed by atoms with Crippen molar-refractivity contribution in [2.45, 2.75) is 56.5 Å². The second kappa shape index (κ2) is 10.8. The zero-order chi connectivity index (χ0) is 25.0. The van der Waals surface area contributed by atoms with Crippen LogP contribution >= 0.6 is 0 Å². The molecule has 35 heavy (non-hydrogen) atoms. The van der Waals surface area contributed by atoms with Crippen LogP contribution in [0.15, 0.2) is 53.4 Å². The summed E-state index contributed by atoms with van der Waals surface area (Å²) in [4.78, 5) is 27.4. The van der Waals surface area contributed by atoms with E-state index in [1.807, 2.05) is 44.2 Å². The van der Waals surface area contributed by atoms with Gasteiger partial charge in [0.25, 0.3) is 0 Å². The Labute approximate surface area is 207 Å². The van der Waals surface area contributed by atoms with E-state index in [-0.39, 0.29) is 41.3 Å². The maximum atomic E-state index is 13.4. The number of aryl methyl sites for hydroxylation is 1. The van der Waals surface area contributed by atoms with E-state index in [1.54, 1.807) is 23.1 Å². The number of benzene rings is 2. The van der Waals surface area contributed by atoms with E-state index >= 15 is 0 Å². The first kappa shape index (κ1) is 25.2. The van der Waals surface area contributed by atoms with Gasteiger partial charge < -0.3 is 15.0 Å². The smallest absolute Gasteiger partial charge is 0.240 e. The van der Waals surface area contributed by atoms with Crippen molar-refractivity contribution < 1.29 is 22.7 Å². The van der Waals surface area contributed by atoms with Crippen LogP contribution in [0.2, 0.25) is 0 Å². The molecule has 0 spiro atoms. The molecule has 2 amide bonds. The first-order valence-electron chi connectivity index (χ1n) is 12.2. The van der Waals surface area contributed by atoms with E-state index in [4.69, 9.17) is 4.74 Å². The van der Waals surface area contributed by atoms with Crippen LogP contribution in [0.3, 0.4) is 0 Å². The average molecular weight is 500 g/mol. The fourth-order valence-corrected chi connectivity index (χ4v) is 6.32. The van der Waals surface area contributed by atoms with Crippen LogP contribution in [0.1, 0.15) is 49.8 Å². The molecule has 1 saturated carbocycles. The first-order valence-corrected chi connectivity index (χ1v) is 13.6. The zero-order valence-electron chi connectivity index (χ0n) is 20.2. The van der Waals surface area contributed by atoms with Gasteiger partial charge in [-0.2, -0.15) is 0 Å². The van der Waals surface area contributed by atoms with Crippen molar-refractivity contribution >= 4 is 21.8 Å². The lowest BCUT2D eigenvalue weighted by atomic mass is 9.85. The molecule has 0 bridgehead atoms. The number of ether oxygens (including phenoxy) is 1. The average Bonchev–Trinajstić information content (AvgIpc) is 2.85. The van der Waals surface area contributed by atoms with Crippen LogP contribution in [0, 0.1) is 12.8 Å². The van der Waals surface area contributed by atoms with E-state index in [9.17, 15) is 18.0 Å². The molecule has 1 aliphatic heterocycles. The third-order valence-corrected chi connectivity index (χ3v) is 8.32. The number of carbonyl (C=O) groups excluding carboxylic acids is 2. The van der Waals surface area contributed by atoms with Gasteiger partial charge in [0.05, 0.1) is 17.5 Å². The van der Waals surface area contributed by atoms with Crippen molar-refractivity contribution in [3.63, 3.8) is 0 Å². The minimum Gasteiger partial charge on any atom is -0.494 e. The van der Waals surface area contributed by atoms with Crippen molar-refractivity contribution in [1.29, 1.82) is 0 Å². The van der Waals surface area contributed by atoms with Gasteiger partial charge in [-0.1, -0.05) is 30.3 Å². The van der Waals surface area contributed by atoms with Gasteiger partial charge in [0.15, 0.2) is 0 Å². The van der Waals surface area contributed by atoms with Crippen LogP contribution in [0.25, 0.3) is 0 Å². The van der Waals surface area contributed by atoms with E-state index in [0.717, 1.165) is 11.1 Å². The van der Waals surface area contributed by atoms with Crippen molar-refractivity contribution in [2.24, 2.45) is 5.92 Å². The molecule has 2 aromatic carbocycles. The van der Waals surface area contributed by atoms with Crippen LogP contribution in [0.4, 0.5) is 0 Å². The highest BCUT2D eigenvalue weighted by atomic mass is 32.2. The number of piperazine rings is 1. The van der Waals surface area contributed by atoms with Gasteiger partial charge in [-0.15, -0.1) is 0 Å². The Morgan fingerprint density at radius 3 is 2.49 bits per heavy atom. The summed E-state index contributed by atoms with van der Waals surface area (Å²) >= 11 is 0. The number of hydrogen-bond donors (Lipinski definition) is 2. The summed E-state index contributed by atoms with van der Waals surface area (Å²) < 4.78 is 34.2. The minimum atomic E-state index is -3.68. The molecular weight excluding hydrogens is 466 g/mol. The molecule has 0 aromatic heterocycles. The maximum absolute atomic E-state index is 13.4. The number of carbonyl (C=O) groups is 2. The molecule has 1 heterocycles. The van der Waals surface area contributed by atoms with Gasteiger partial charge in [0.1, 0.15) is 12.3 Å². The van der Waals surface area contributed by atoms with Crippen LogP contribution < -0.4 is 14.8 Å². The number of rotatable bonds is 7. The van der Waals surface area contributed by atoms with Gasteiger partial charge in [-0.05, 0) is 68.9 Å². The molecule has 8 nitrogen and oxygen atoms in total. The molecular formula is C26H33N3O5S. The highest BCUT2D eigenvalue weighted by Crippen LogP contribution is 2.31. The first-order chi connectivity index (χ1) is 16.8. The van der Waals surface area contributed by atoms with Crippen LogP contribution in [0.5, 0.6) is 5.75 Å². The van der Waals surface area contributed by atoms with E-state index < -0.39 is 10.0 Å². The third-order valence-electron chi connectivity index (χ3n) is 6.80. The Morgan fingerprint density at radius 2 is 1.83 bits per heavy atom. The largest absolute Gasteiger partial charge is 0.494 e. The van der Waals surface area contributed by atoms with Gasteiger partial charge in [-0.25, -0.2) is 13.1 Å². The number of sulfonamides is 1. The molecule has 1 saturated heterocycles. The Hall–Kier alpha value is -2.91. The zero-order valence-corrected chi connectivity index (χ0v) is 21.0. The molecule has 0 unspecified atom stereocenters. The lowest BCUT2D eigenvalue weighted by Crippen LogP contribution is -2.54. The normalized spacial score (nSPS) is 23.0. The number of nitrogens with zero attached hydrogens (tertiary/aromatic N) is 1. The SMILES string of the molecule is CCOc1ccc(S(=O)(=O)N[C@H]2CC[C@H](C(=O)N3CC(=O)NC[C@@H]3c3ccccc3)CC2)cc1C. The fraction of sp³-hybridized carbons (Fsp3) is 0.462. The molecule has 2 N–H and O–H groups in total. The molecule has 2 aliphatic rings. The van der Waals surface area contributed by atoms with Crippen molar-refractivity contribution in [3.8, 4) is 5.75 Å². The Balaban J connectivity index is 1.38. The topological polar surface area (TPSA) is 105 Å². The monoisotopic (exact) mass is 499 g/mol. The quantitative estimate of drug-likeness (QED) is 0.610. The fourth-order valence-electron chi connectivity index (χ4n) is 4.93. The number of nitrogens with one attached hydrogen (secondary N) is 2. The summed E-state index contributed by atoms with van der Waals surface area (Å²) in [6, 6.07) is 14.2. The molecule has 2 aromatic rings. The van der Waals surface area contributed by atoms with Gasteiger partial charge in [-0.3, -0.25) is 9.59 Å². The number of hydrogen-bond acceptors (Lipinski definition) is 5. The second-order valence-corrected chi connectivity index (χ2v) is 10.9. The predicted octanol–water partition coefficient (Wildman–Crippen LogP) is 2.93. The highest BCUT2D eigenvalue weighted by molar-refractivity contribution is 7.89. The molecule has 2 fully saturated rings. The van der Waals surface area contributed by atoms with Gasteiger partial charge in [0.2, 0.25) is 21.8 Å². The summed E-state index contributed by atoms with van der Waals surface area (Å²) in [5.41, 5.74) is 1.76. The minimum absolute atomic E-state index is 0.0304. The molecule has 1 aliphatic carbocycles.